The molecule has 1 aliphatic heterocycles. The Bertz CT molecular complexity index is 1110. The predicted molar refractivity (Wildman–Crippen MR) is 110 cm³/mol. The summed E-state index contributed by atoms with van der Waals surface area (Å²) >= 11 is 0. The van der Waals surface area contributed by atoms with Gasteiger partial charge in [-0.05, 0) is 37.1 Å². The number of anilines is 1. The number of fused-ring (bicyclic) bond motifs is 3. The van der Waals surface area contributed by atoms with E-state index < -0.39 is 17.5 Å². The van der Waals surface area contributed by atoms with Gasteiger partial charge in [-0.3, -0.25) is 14.5 Å². The lowest BCUT2D eigenvalue weighted by molar-refractivity contribution is -0.125. The van der Waals surface area contributed by atoms with E-state index in [0.717, 1.165) is 36.3 Å². The largest absolute Gasteiger partial charge is 0.357 e. The Morgan fingerprint density at radius 2 is 1.93 bits per heavy atom. The molecule has 0 saturated heterocycles. The zero-order chi connectivity index (χ0) is 21.3. The highest BCUT2D eigenvalue weighted by Gasteiger charge is 2.28. The number of halogens is 2. The molecule has 0 radical (unpaired) electrons. The van der Waals surface area contributed by atoms with Crippen molar-refractivity contribution in [2.45, 2.75) is 19.4 Å². The molecule has 3 aromatic rings. The summed E-state index contributed by atoms with van der Waals surface area (Å²) in [4.78, 5) is 29.8. The number of aromatic amines is 1. The number of amides is 2. The average molecular weight is 412 g/mol. The summed E-state index contributed by atoms with van der Waals surface area (Å²) in [5, 5.41) is 6.22. The van der Waals surface area contributed by atoms with E-state index >= 15 is 0 Å². The van der Waals surface area contributed by atoms with Crippen molar-refractivity contribution in [3.8, 4) is 0 Å². The number of hydrogen-bond acceptors (Lipinski definition) is 3. The molecule has 156 valence electrons. The predicted octanol–water partition coefficient (Wildman–Crippen LogP) is 3.12. The van der Waals surface area contributed by atoms with Gasteiger partial charge in [0.25, 0.3) is 0 Å². The van der Waals surface area contributed by atoms with E-state index in [0.29, 0.717) is 0 Å². The first-order valence-electron chi connectivity index (χ1n) is 9.77. The Kier molecular flexibility index (Phi) is 5.50. The molecule has 6 nitrogen and oxygen atoms in total. The average Bonchev–Trinajstić information content (AvgIpc) is 3.11. The van der Waals surface area contributed by atoms with E-state index in [1.807, 2.05) is 18.2 Å². The third-order valence-corrected chi connectivity index (χ3v) is 5.46. The van der Waals surface area contributed by atoms with Crippen molar-refractivity contribution in [3.63, 3.8) is 0 Å². The Balaban J connectivity index is 1.32. The molecule has 1 aliphatic rings. The summed E-state index contributed by atoms with van der Waals surface area (Å²) in [6, 6.07) is 11.3. The SMILES string of the molecule is C[C@@H]1c2[nH]c3ccccc3c2CCN1CC(=O)NCC(=O)Nc1ccc(F)c(F)c1. The molecule has 1 atom stereocenters. The molecule has 2 heterocycles. The molecule has 8 heteroatoms. The van der Waals surface area contributed by atoms with Gasteiger partial charge in [-0.1, -0.05) is 18.2 Å². The van der Waals surface area contributed by atoms with Crippen LogP contribution in [0.5, 0.6) is 0 Å². The third-order valence-electron chi connectivity index (χ3n) is 5.46. The fourth-order valence-corrected chi connectivity index (χ4v) is 3.89. The minimum absolute atomic E-state index is 0.0444. The molecule has 1 aromatic heterocycles. The molecule has 30 heavy (non-hydrogen) atoms. The summed E-state index contributed by atoms with van der Waals surface area (Å²) in [6.07, 6.45) is 0.841. The highest BCUT2D eigenvalue weighted by Crippen LogP contribution is 2.33. The first kappa shape index (κ1) is 20.0. The number of rotatable bonds is 5. The highest BCUT2D eigenvalue weighted by atomic mass is 19.2. The zero-order valence-electron chi connectivity index (χ0n) is 16.5. The maximum Gasteiger partial charge on any atom is 0.243 e. The maximum absolute atomic E-state index is 13.2. The molecular formula is C22H22F2N4O2. The number of nitrogens with one attached hydrogen (secondary N) is 3. The summed E-state index contributed by atoms with van der Waals surface area (Å²) < 4.78 is 26.2. The Labute approximate surface area is 172 Å². The highest BCUT2D eigenvalue weighted by molar-refractivity contribution is 5.94. The van der Waals surface area contributed by atoms with Gasteiger partial charge in [0.05, 0.1) is 13.1 Å². The molecule has 0 aliphatic carbocycles. The van der Waals surface area contributed by atoms with Crippen molar-refractivity contribution in [2.75, 3.05) is 25.0 Å². The van der Waals surface area contributed by atoms with Crippen LogP contribution in [0, 0.1) is 11.6 Å². The Morgan fingerprint density at radius 3 is 2.73 bits per heavy atom. The number of aromatic nitrogens is 1. The molecule has 2 amide bonds. The summed E-state index contributed by atoms with van der Waals surface area (Å²) in [5.41, 5.74) is 3.63. The van der Waals surface area contributed by atoms with E-state index in [1.54, 1.807) is 0 Å². The number of hydrogen-bond donors (Lipinski definition) is 3. The van der Waals surface area contributed by atoms with Crippen LogP contribution in [0.3, 0.4) is 0 Å². The molecule has 4 rings (SSSR count). The second-order valence-corrected chi connectivity index (χ2v) is 7.41. The van der Waals surface area contributed by atoms with Crippen LogP contribution in [-0.4, -0.2) is 41.3 Å². The van der Waals surface area contributed by atoms with E-state index in [1.165, 1.54) is 17.0 Å². The van der Waals surface area contributed by atoms with Crippen LogP contribution in [0.2, 0.25) is 0 Å². The van der Waals surface area contributed by atoms with E-state index in [-0.39, 0.29) is 30.7 Å². The first-order valence-corrected chi connectivity index (χ1v) is 9.77. The van der Waals surface area contributed by atoms with Crippen molar-refractivity contribution >= 4 is 28.4 Å². The smallest absolute Gasteiger partial charge is 0.243 e. The van der Waals surface area contributed by atoms with Crippen LogP contribution in [0.15, 0.2) is 42.5 Å². The van der Waals surface area contributed by atoms with Gasteiger partial charge in [0.15, 0.2) is 11.6 Å². The van der Waals surface area contributed by atoms with Gasteiger partial charge in [-0.15, -0.1) is 0 Å². The normalized spacial score (nSPS) is 16.3. The number of carbonyl (C=O) groups is 2. The Hall–Kier alpha value is -3.26. The van der Waals surface area contributed by atoms with Gasteiger partial charge >= 0.3 is 0 Å². The lowest BCUT2D eigenvalue weighted by Crippen LogP contribution is -2.43. The zero-order valence-corrected chi connectivity index (χ0v) is 16.5. The molecule has 0 unspecified atom stereocenters. The van der Waals surface area contributed by atoms with Gasteiger partial charge in [-0.25, -0.2) is 8.78 Å². The summed E-state index contributed by atoms with van der Waals surface area (Å²) in [5.74, 6) is -2.83. The van der Waals surface area contributed by atoms with Gasteiger partial charge in [-0.2, -0.15) is 0 Å². The molecule has 0 saturated carbocycles. The van der Waals surface area contributed by atoms with Crippen molar-refractivity contribution < 1.29 is 18.4 Å². The minimum Gasteiger partial charge on any atom is -0.357 e. The number of H-pyrrole nitrogens is 1. The van der Waals surface area contributed by atoms with Crippen LogP contribution >= 0.6 is 0 Å². The summed E-state index contributed by atoms with van der Waals surface area (Å²) in [7, 11) is 0. The van der Waals surface area contributed by atoms with E-state index in [2.05, 4.69) is 33.5 Å². The molecular weight excluding hydrogens is 390 g/mol. The molecule has 3 N–H and O–H groups in total. The first-order chi connectivity index (χ1) is 14.4. The lowest BCUT2D eigenvalue weighted by atomic mass is 9.98. The van der Waals surface area contributed by atoms with E-state index in [9.17, 15) is 18.4 Å². The molecule has 0 spiro atoms. The van der Waals surface area contributed by atoms with Crippen LogP contribution in [0.25, 0.3) is 10.9 Å². The van der Waals surface area contributed by atoms with E-state index in [4.69, 9.17) is 0 Å². The van der Waals surface area contributed by atoms with Crippen LogP contribution in [0.4, 0.5) is 14.5 Å². The van der Waals surface area contributed by atoms with Gasteiger partial charge in [0.2, 0.25) is 11.8 Å². The van der Waals surface area contributed by atoms with Gasteiger partial charge < -0.3 is 15.6 Å². The molecule has 0 fully saturated rings. The van der Waals surface area contributed by atoms with Crippen molar-refractivity contribution in [1.29, 1.82) is 0 Å². The van der Waals surface area contributed by atoms with Crippen molar-refractivity contribution in [1.82, 2.24) is 15.2 Å². The number of benzene rings is 2. The van der Waals surface area contributed by atoms with Gasteiger partial charge in [0.1, 0.15) is 0 Å². The maximum atomic E-state index is 13.2. The van der Waals surface area contributed by atoms with Crippen molar-refractivity contribution in [2.24, 2.45) is 0 Å². The van der Waals surface area contributed by atoms with Gasteiger partial charge in [0, 0.05) is 40.9 Å². The number of carbonyl (C=O) groups excluding carboxylic acids is 2. The number of para-hydroxylation sites is 1. The fourth-order valence-electron chi connectivity index (χ4n) is 3.89. The summed E-state index contributed by atoms with van der Waals surface area (Å²) in [6.45, 7) is 2.70. The quantitative estimate of drug-likeness (QED) is 0.603. The monoisotopic (exact) mass is 412 g/mol. The Morgan fingerprint density at radius 1 is 1.13 bits per heavy atom. The number of nitrogens with zero attached hydrogens (tertiary/aromatic N) is 1. The molecule has 2 aromatic carbocycles. The third kappa shape index (κ3) is 4.04. The molecule has 0 bridgehead atoms. The van der Waals surface area contributed by atoms with Crippen LogP contribution in [0.1, 0.15) is 24.2 Å². The van der Waals surface area contributed by atoms with Crippen LogP contribution in [-0.2, 0) is 16.0 Å². The standard InChI is InChI=1S/C22H22F2N4O2/c1-13-22-16(15-4-2-3-5-19(15)27-22)8-9-28(13)12-21(30)25-11-20(29)26-14-6-7-17(23)18(24)10-14/h2-7,10,13,27H,8-9,11-12H2,1H3,(H,25,30)(H,26,29)/t13-/m1/s1. The van der Waals surface area contributed by atoms with Crippen LogP contribution < -0.4 is 10.6 Å². The lowest BCUT2D eigenvalue weighted by Gasteiger charge is -2.32. The second kappa shape index (κ2) is 8.23. The fraction of sp³-hybridized carbons (Fsp3) is 0.273. The second-order valence-electron chi connectivity index (χ2n) is 7.41. The minimum atomic E-state index is -1.05. The topological polar surface area (TPSA) is 77.2 Å². The van der Waals surface area contributed by atoms with Crippen molar-refractivity contribution in [3.05, 3.63) is 65.4 Å².